The van der Waals surface area contributed by atoms with Gasteiger partial charge in [0.05, 0.1) is 0 Å². The number of aryl methyl sites for hydroxylation is 1. The van der Waals surface area contributed by atoms with E-state index in [4.69, 9.17) is 0 Å². The number of carbonyl (C=O) groups excluding carboxylic acids is 1. The lowest BCUT2D eigenvalue weighted by Gasteiger charge is -2.35. The first-order valence-corrected chi connectivity index (χ1v) is 13.4. The number of fused-ring (bicyclic) bond motifs is 1. The lowest BCUT2D eigenvalue weighted by molar-refractivity contribution is 0.0952. The van der Waals surface area contributed by atoms with Gasteiger partial charge in [-0.05, 0) is 98.1 Å². The average molecular weight is 520 g/mol. The molecule has 1 aliphatic rings. The summed E-state index contributed by atoms with van der Waals surface area (Å²) in [6.07, 6.45) is 6.84. The van der Waals surface area contributed by atoms with Crippen molar-refractivity contribution in [1.29, 1.82) is 0 Å². The standard InChI is InChI=1S/C30H35BrN2O/c1-2-19-33(29-17-15-26-21-28(31)16-14-27(26)22-29)20-7-6-18-32-30(34)25-12-10-24(11-13-25)23-8-4-3-5-9-23/h3-5,8-14,16,21,29H,2,6-7,15,17-20,22H2,1H3,(H,32,34). The number of hydrogen-bond acceptors (Lipinski definition) is 2. The van der Waals surface area contributed by atoms with Crippen molar-refractivity contribution in [3.63, 3.8) is 0 Å². The minimum atomic E-state index is 0.0140. The van der Waals surface area contributed by atoms with Crippen LogP contribution in [0, 0.1) is 0 Å². The second-order valence-corrected chi connectivity index (χ2v) is 10.2. The van der Waals surface area contributed by atoms with E-state index in [0.717, 1.165) is 50.0 Å². The van der Waals surface area contributed by atoms with Crippen LogP contribution < -0.4 is 5.32 Å². The molecule has 1 atom stereocenters. The van der Waals surface area contributed by atoms with Gasteiger partial charge in [0.1, 0.15) is 0 Å². The van der Waals surface area contributed by atoms with Gasteiger partial charge < -0.3 is 10.2 Å². The van der Waals surface area contributed by atoms with Crippen LogP contribution in [0.5, 0.6) is 0 Å². The molecule has 1 unspecified atom stereocenters. The van der Waals surface area contributed by atoms with Crippen LogP contribution in [0.2, 0.25) is 0 Å². The molecule has 0 heterocycles. The molecule has 0 bridgehead atoms. The summed E-state index contributed by atoms with van der Waals surface area (Å²) in [6, 6.07) is 25.5. The van der Waals surface area contributed by atoms with Crippen molar-refractivity contribution in [1.82, 2.24) is 10.2 Å². The number of nitrogens with one attached hydrogen (secondary N) is 1. The van der Waals surface area contributed by atoms with Crippen LogP contribution in [0.4, 0.5) is 0 Å². The number of hydrogen-bond donors (Lipinski definition) is 1. The Balaban J connectivity index is 1.21. The Hall–Kier alpha value is -2.43. The zero-order valence-electron chi connectivity index (χ0n) is 20.1. The van der Waals surface area contributed by atoms with E-state index in [1.165, 1.54) is 40.4 Å². The molecule has 34 heavy (non-hydrogen) atoms. The molecule has 3 nitrogen and oxygen atoms in total. The zero-order chi connectivity index (χ0) is 23.8. The first-order chi connectivity index (χ1) is 16.6. The quantitative estimate of drug-likeness (QED) is 0.296. The Kier molecular flexibility index (Phi) is 8.95. The normalized spacial score (nSPS) is 15.2. The molecule has 1 aliphatic carbocycles. The first-order valence-electron chi connectivity index (χ1n) is 12.6. The fourth-order valence-corrected chi connectivity index (χ4v) is 5.38. The highest BCUT2D eigenvalue weighted by Gasteiger charge is 2.23. The van der Waals surface area contributed by atoms with Crippen LogP contribution in [-0.2, 0) is 12.8 Å². The van der Waals surface area contributed by atoms with Gasteiger partial charge in [0.15, 0.2) is 0 Å². The average Bonchev–Trinajstić information content (AvgIpc) is 2.88. The summed E-state index contributed by atoms with van der Waals surface area (Å²) in [5.74, 6) is 0.0140. The highest BCUT2D eigenvalue weighted by Crippen LogP contribution is 2.27. The molecule has 1 N–H and O–H groups in total. The molecular weight excluding hydrogens is 484 g/mol. The third-order valence-corrected chi connectivity index (χ3v) is 7.30. The SMILES string of the molecule is CCCN(CCCCNC(=O)c1ccc(-c2ccccc2)cc1)C1CCc2cc(Br)ccc2C1. The molecule has 4 heteroatoms. The largest absolute Gasteiger partial charge is 0.352 e. The van der Waals surface area contributed by atoms with E-state index in [1.807, 2.05) is 42.5 Å². The first kappa shape index (κ1) is 24.7. The lowest BCUT2D eigenvalue weighted by atomic mass is 9.87. The molecule has 0 fully saturated rings. The maximum Gasteiger partial charge on any atom is 0.251 e. The van der Waals surface area contributed by atoms with Crippen LogP contribution >= 0.6 is 15.9 Å². The van der Waals surface area contributed by atoms with Crippen molar-refractivity contribution in [2.45, 2.75) is 51.5 Å². The van der Waals surface area contributed by atoms with E-state index in [9.17, 15) is 4.79 Å². The molecule has 0 aromatic heterocycles. The summed E-state index contributed by atoms with van der Waals surface area (Å²) in [4.78, 5) is 15.2. The van der Waals surface area contributed by atoms with Gasteiger partial charge in [-0.2, -0.15) is 0 Å². The Morgan fingerprint density at radius 1 is 0.941 bits per heavy atom. The monoisotopic (exact) mass is 518 g/mol. The highest BCUT2D eigenvalue weighted by atomic mass is 79.9. The molecule has 1 amide bonds. The van der Waals surface area contributed by atoms with Crippen molar-refractivity contribution in [3.05, 3.63) is 94.0 Å². The molecule has 0 saturated carbocycles. The lowest BCUT2D eigenvalue weighted by Crippen LogP contribution is -2.40. The maximum atomic E-state index is 12.6. The van der Waals surface area contributed by atoms with E-state index in [2.05, 4.69) is 63.4 Å². The Morgan fingerprint density at radius 3 is 2.47 bits per heavy atom. The third kappa shape index (κ3) is 6.58. The molecule has 4 rings (SSSR count). The van der Waals surface area contributed by atoms with Crippen LogP contribution in [0.15, 0.2) is 77.3 Å². The maximum absolute atomic E-state index is 12.6. The summed E-state index contributed by atoms with van der Waals surface area (Å²) in [5.41, 5.74) is 6.03. The molecule has 0 aliphatic heterocycles. The molecule has 3 aromatic rings. The second kappa shape index (κ2) is 12.3. The van der Waals surface area contributed by atoms with Gasteiger partial charge in [-0.1, -0.05) is 71.4 Å². The van der Waals surface area contributed by atoms with Crippen LogP contribution in [0.1, 0.15) is 54.1 Å². The van der Waals surface area contributed by atoms with E-state index in [1.54, 1.807) is 0 Å². The van der Waals surface area contributed by atoms with E-state index in [-0.39, 0.29) is 5.91 Å². The minimum absolute atomic E-state index is 0.0140. The van der Waals surface area contributed by atoms with Crippen molar-refractivity contribution < 1.29 is 4.79 Å². The predicted molar refractivity (Wildman–Crippen MR) is 145 cm³/mol. The topological polar surface area (TPSA) is 32.3 Å². The number of carbonyl (C=O) groups is 1. The van der Waals surface area contributed by atoms with E-state index >= 15 is 0 Å². The minimum Gasteiger partial charge on any atom is -0.352 e. The number of halogens is 1. The number of nitrogens with zero attached hydrogens (tertiary/aromatic N) is 1. The van der Waals surface area contributed by atoms with Crippen molar-refractivity contribution in [2.24, 2.45) is 0 Å². The van der Waals surface area contributed by atoms with Gasteiger partial charge >= 0.3 is 0 Å². The number of amides is 1. The second-order valence-electron chi connectivity index (χ2n) is 9.25. The van der Waals surface area contributed by atoms with Crippen molar-refractivity contribution in [2.75, 3.05) is 19.6 Å². The summed E-state index contributed by atoms with van der Waals surface area (Å²) in [6.45, 7) is 5.24. The van der Waals surface area contributed by atoms with Gasteiger partial charge in [0.2, 0.25) is 0 Å². The summed E-state index contributed by atoms with van der Waals surface area (Å²) in [7, 11) is 0. The molecule has 178 valence electrons. The summed E-state index contributed by atoms with van der Waals surface area (Å²) >= 11 is 3.61. The Labute approximate surface area is 212 Å². The highest BCUT2D eigenvalue weighted by molar-refractivity contribution is 9.10. The van der Waals surface area contributed by atoms with E-state index in [0.29, 0.717) is 6.04 Å². The van der Waals surface area contributed by atoms with Crippen molar-refractivity contribution in [3.8, 4) is 11.1 Å². The van der Waals surface area contributed by atoms with Gasteiger partial charge in [0, 0.05) is 22.6 Å². The predicted octanol–water partition coefficient (Wildman–Crippen LogP) is 6.90. The molecular formula is C30H35BrN2O. The number of benzene rings is 3. The van der Waals surface area contributed by atoms with Gasteiger partial charge in [-0.15, -0.1) is 0 Å². The summed E-state index contributed by atoms with van der Waals surface area (Å²) in [5, 5.41) is 3.10. The molecule has 0 saturated heterocycles. The zero-order valence-corrected chi connectivity index (χ0v) is 21.7. The number of rotatable bonds is 10. The van der Waals surface area contributed by atoms with Gasteiger partial charge in [0.25, 0.3) is 5.91 Å². The third-order valence-electron chi connectivity index (χ3n) is 6.81. The summed E-state index contributed by atoms with van der Waals surface area (Å²) < 4.78 is 1.18. The fraction of sp³-hybridized carbons (Fsp3) is 0.367. The molecule has 3 aromatic carbocycles. The Morgan fingerprint density at radius 2 is 1.71 bits per heavy atom. The molecule has 0 spiro atoms. The smallest absolute Gasteiger partial charge is 0.251 e. The Bertz CT molecular complexity index is 1060. The molecule has 0 radical (unpaired) electrons. The fourth-order valence-electron chi connectivity index (χ4n) is 4.97. The van der Waals surface area contributed by atoms with E-state index < -0.39 is 0 Å². The van der Waals surface area contributed by atoms with Gasteiger partial charge in [-0.3, -0.25) is 4.79 Å². The van der Waals surface area contributed by atoms with Crippen LogP contribution in [0.3, 0.4) is 0 Å². The number of unbranched alkanes of at least 4 members (excludes halogenated alkanes) is 1. The van der Waals surface area contributed by atoms with Crippen LogP contribution in [-0.4, -0.2) is 36.5 Å². The van der Waals surface area contributed by atoms with Gasteiger partial charge in [-0.25, -0.2) is 0 Å². The van der Waals surface area contributed by atoms with Crippen molar-refractivity contribution >= 4 is 21.8 Å². The van der Waals surface area contributed by atoms with Crippen LogP contribution in [0.25, 0.3) is 11.1 Å².